The molecule has 3 atom stereocenters. The van der Waals surface area contributed by atoms with Crippen LogP contribution in [0.2, 0.25) is 0 Å². The molecule has 2 fully saturated rings. The van der Waals surface area contributed by atoms with Crippen molar-refractivity contribution in [3.63, 3.8) is 0 Å². The third-order valence-electron chi connectivity index (χ3n) is 5.28. The molecule has 0 N–H and O–H groups in total. The van der Waals surface area contributed by atoms with E-state index in [9.17, 15) is 0 Å². The summed E-state index contributed by atoms with van der Waals surface area (Å²) in [5.41, 5.74) is 1.33. The van der Waals surface area contributed by atoms with E-state index in [2.05, 4.69) is 61.2 Å². The number of nitrogens with zero attached hydrogens (tertiary/aromatic N) is 3. The molecule has 2 aliphatic heterocycles. The molecule has 1 aromatic heterocycles. The van der Waals surface area contributed by atoms with Crippen LogP contribution < -0.4 is 0 Å². The fourth-order valence-electron chi connectivity index (χ4n) is 4.14. The molecule has 2 aliphatic rings. The van der Waals surface area contributed by atoms with E-state index in [0.29, 0.717) is 18.0 Å². The lowest BCUT2D eigenvalue weighted by Crippen LogP contribution is -2.27. The zero-order valence-corrected chi connectivity index (χ0v) is 14.2. The lowest BCUT2D eigenvalue weighted by molar-refractivity contribution is 0.243. The van der Waals surface area contributed by atoms with Crippen LogP contribution in [0.3, 0.4) is 0 Å². The normalized spacial score (nSPS) is 28.2. The van der Waals surface area contributed by atoms with Crippen molar-refractivity contribution in [1.82, 2.24) is 15.0 Å². The van der Waals surface area contributed by atoms with Crippen molar-refractivity contribution in [2.45, 2.75) is 63.5 Å². The molecular weight excluding hydrogens is 286 g/mol. The number of hydrogen-bond donors (Lipinski definition) is 0. The second kappa shape index (κ2) is 5.45. The lowest BCUT2D eigenvalue weighted by Gasteiger charge is -2.24. The van der Waals surface area contributed by atoms with Gasteiger partial charge < -0.3 is 4.52 Å². The number of rotatable bonds is 2. The first kappa shape index (κ1) is 14.9. The van der Waals surface area contributed by atoms with Crippen molar-refractivity contribution in [2.24, 2.45) is 0 Å². The van der Waals surface area contributed by atoms with Gasteiger partial charge in [-0.05, 0) is 31.4 Å². The molecule has 2 aromatic rings. The van der Waals surface area contributed by atoms with E-state index in [1.807, 2.05) is 0 Å². The van der Waals surface area contributed by atoms with Crippen molar-refractivity contribution >= 4 is 0 Å². The SMILES string of the molecule is CC(C)(C)c1nc([C@@H]2C[C@H](c3ccccc3)N3CCC[C@@H]23)no1. The number of hydrogen-bond acceptors (Lipinski definition) is 4. The summed E-state index contributed by atoms with van der Waals surface area (Å²) in [5.74, 6) is 2.05. The zero-order chi connectivity index (χ0) is 16.0. The Morgan fingerprint density at radius 2 is 1.96 bits per heavy atom. The van der Waals surface area contributed by atoms with Crippen LogP contribution >= 0.6 is 0 Å². The lowest BCUT2D eigenvalue weighted by atomic mass is 9.93. The first-order chi connectivity index (χ1) is 11.0. The molecule has 0 radical (unpaired) electrons. The zero-order valence-electron chi connectivity index (χ0n) is 14.2. The van der Waals surface area contributed by atoms with Crippen LogP contribution in [0.15, 0.2) is 34.9 Å². The fraction of sp³-hybridized carbons (Fsp3) is 0.579. The molecule has 23 heavy (non-hydrogen) atoms. The highest BCUT2D eigenvalue weighted by Crippen LogP contribution is 2.48. The number of benzene rings is 1. The first-order valence-electron chi connectivity index (χ1n) is 8.69. The van der Waals surface area contributed by atoms with E-state index in [-0.39, 0.29) is 5.41 Å². The molecule has 4 rings (SSSR count). The van der Waals surface area contributed by atoms with Gasteiger partial charge in [-0.2, -0.15) is 4.98 Å². The van der Waals surface area contributed by atoms with Gasteiger partial charge in [0.25, 0.3) is 0 Å². The molecule has 122 valence electrons. The van der Waals surface area contributed by atoms with Crippen LogP contribution in [0.5, 0.6) is 0 Å². The molecule has 0 aliphatic carbocycles. The van der Waals surface area contributed by atoms with Crippen LogP contribution in [0, 0.1) is 0 Å². The summed E-state index contributed by atoms with van der Waals surface area (Å²) in [6.07, 6.45) is 3.61. The number of aromatic nitrogens is 2. The second-order valence-corrected chi connectivity index (χ2v) is 7.92. The maximum Gasteiger partial charge on any atom is 0.232 e. The average molecular weight is 311 g/mol. The van der Waals surface area contributed by atoms with E-state index in [4.69, 9.17) is 9.51 Å². The van der Waals surface area contributed by atoms with Gasteiger partial charge in [-0.25, -0.2) is 0 Å². The summed E-state index contributed by atoms with van der Waals surface area (Å²) in [6.45, 7) is 7.54. The van der Waals surface area contributed by atoms with Crippen molar-refractivity contribution in [3.8, 4) is 0 Å². The van der Waals surface area contributed by atoms with Crippen LogP contribution in [-0.2, 0) is 5.41 Å². The fourth-order valence-corrected chi connectivity index (χ4v) is 4.14. The summed E-state index contributed by atoms with van der Waals surface area (Å²) in [4.78, 5) is 7.41. The van der Waals surface area contributed by atoms with Crippen LogP contribution in [0.4, 0.5) is 0 Å². The summed E-state index contributed by atoms with van der Waals surface area (Å²) < 4.78 is 5.55. The van der Waals surface area contributed by atoms with Crippen LogP contribution in [0.1, 0.15) is 69.3 Å². The monoisotopic (exact) mass is 311 g/mol. The van der Waals surface area contributed by atoms with E-state index < -0.39 is 0 Å². The van der Waals surface area contributed by atoms with Gasteiger partial charge in [0.05, 0.1) is 0 Å². The quantitative estimate of drug-likeness (QED) is 0.839. The Bertz CT molecular complexity index is 673. The van der Waals surface area contributed by atoms with Gasteiger partial charge in [0.2, 0.25) is 5.89 Å². The first-order valence-corrected chi connectivity index (χ1v) is 8.69. The maximum absolute atomic E-state index is 5.55. The molecule has 3 heterocycles. The standard InChI is InChI=1S/C19H25N3O/c1-19(2,3)18-20-17(21-23-18)14-12-16(13-8-5-4-6-9-13)22-11-7-10-15(14)22/h4-6,8-9,14-16H,7,10-12H2,1-3H3/t14-,15+,16-/m1/s1. The van der Waals surface area contributed by atoms with E-state index >= 15 is 0 Å². The molecule has 4 nitrogen and oxygen atoms in total. The van der Waals surface area contributed by atoms with Gasteiger partial charge in [0.1, 0.15) is 0 Å². The molecule has 2 saturated heterocycles. The van der Waals surface area contributed by atoms with Gasteiger partial charge in [0, 0.05) is 23.4 Å². The molecule has 0 spiro atoms. The maximum atomic E-state index is 5.55. The minimum absolute atomic E-state index is 0.0853. The van der Waals surface area contributed by atoms with Crippen molar-refractivity contribution < 1.29 is 4.52 Å². The molecule has 0 saturated carbocycles. The van der Waals surface area contributed by atoms with Gasteiger partial charge >= 0.3 is 0 Å². The molecule has 1 aromatic carbocycles. The molecule has 0 unspecified atom stereocenters. The molecule has 4 heteroatoms. The predicted molar refractivity (Wildman–Crippen MR) is 89.3 cm³/mol. The second-order valence-electron chi connectivity index (χ2n) is 7.92. The Hall–Kier alpha value is -1.68. The molecule has 0 amide bonds. The minimum atomic E-state index is -0.0853. The Labute approximate surface area is 137 Å². The van der Waals surface area contributed by atoms with Gasteiger partial charge in [-0.1, -0.05) is 56.3 Å². The largest absolute Gasteiger partial charge is 0.339 e. The number of fused-ring (bicyclic) bond motifs is 1. The summed E-state index contributed by atoms with van der Waals surface area (Å²) in [6, 6.07) is 11.9. The third kappa shape index (κ3) is 2.59. The van der Waals surface area contributed by atoms with Gasteiger partial charge in [-0.3, -0.25) is 4.90 Å². The topological polar surface area (TPSA) is 42.2 Å². The predicted octanol–water partition coefficient (Wildman–Crippen LogP) is 4.06. The average Bonchev–Trinajstić information content (AvgIpc) is 3.23. The summed E-state index contributed by atoms with van der Waals surface area (Å²) in [7, 11) is 0. The van der Waals surface area contributed by atoms with Crippen LogP contribution in [-0.4, -0.2) is 27.6 Å². The highest BCUT2D eigenvalue weighted by atomic mass is 16.5. The van der Waals surface area contributed by atoms with E-state index in [1.54, 1.807) is 0 Å². The van der Waals surface area contributed by atoms with Crippen molar-refractivity contribution in [3.05, 3.63) is 47.6 Å². The van der Waals surface area contributed by atoms with Crippen LogP contribution in [0.25, 0.3) is 0 Å². The molecule has 0 bridgehead atoms. The Balaban J connectivity index is 1.64. The Morgan fingerprint density at radius 1 is 1.17 bits per heavy atom. The van der Waals surface area contributed by atoms with Crippen molar-refractivity contribution in [2.75, 3.05) is 6.54 Å². The van der Waals surface area contributed by atoms with Gasteiger partial charge in [-0.15, -0.1) is 0 Å². The van der Waals surface area contributed by atoms with Crippen molar-refractivity contribution in [1.29, 1.82) is 0 Å². The highest BCUT2D eigenvalue weighted by Gasteiger charge is 2.46. The smallest absolute Gasteiger partial charge is 0.232 e. The van der Waals surface area contributed by atoms with E-state index in [0.717, 1.165) is 18.1 Å². The Morgan fingerprint density at radius 3 is 2.65 bits per heavy atom. The third-order valence-corrected chi connectivity index (χ3v) is 5.28. The molecular formula is C19H25N3O. The highest BCUT2D eigenvalue weighted by molar-refractivity contribution is 5.24. The summed E-state index contributed by atoms with van der Waals surface area (Å²) in [5, 5.41) is 4.34. The van der Waals surface area contributed by atoms with Gasteiger partial charge in [0.15, 0.2) is 5.82 Å². The minimum Gasteiger partial charge on any atom is -0.339 e. The summed E-state index contributed by atoms with van der Waals surface area (Å²) >= 11 is 0. The Kier molecular flexibility index (Phi) is 3.52. The van der Waals surface area contributed by atoms with E-state index in [1.165, 1.54) is 24.9 Å².